The molecule has 0 aliphatic carbocycles. The van der Waals surface area contributed by atoms with E-state index in [2.05, 4.69) is 108 Å². The second-order valence-electron chi connectivity index (χ2n) is 13.9. The van der Waals surface area contributed by atoms with Crippen molar-refractivity contribution in [1.29, 1.82) is 0 Å². The predicted octanol–water partition coefficient (Wildman–Crippen LogP) is 13.4. The van der Waals surface area contributed by atoms with Crippen LogP contribution in [0, 0.1) is 0 Å². The number of benzene rings is 8. The van der Waals surface area contributed by atoms with Crippen LogP contribution in [-0.4, -0.2) is 19.5 Å². The molecule has 0 saturated carbocycles. The highest BCUT2D eigenvalue weighted by atomic mass is 32.1. The molecule has 256 valence electrons. The lowest BCUT2D eigenvalue weighted by molar-refractivity contribution is 0.672. The van der Waals surface area contributed by atoms with Crippen LogP contribution in [0.25, 0.3) is 115 Å². The monoisotopic (exact) mass is 720 g/mol. The van der Waals surface area contributed by atoms with Crippen LogP contribution < -0.4 is 0 Å². The molecule has 12 aromatic rings. The van der Waals surface area contributed by atoms with Crippen LogP contribution in [0.2, 0.25) is 0 Å². The van der Waals surface area contributed by atoms with Crippen molar-refractivity contribution < 1.29 is 4.42 Å². The fourth-order valence-corrected chi connectivity index (χ4v) is 9.64. The summed E-state index contributed by atoms with van der Waals surface area (Å²) >= 11 is 1.86. The number of furan rings is 1. The molecule has 0 bridgehead atoms. The Labute approximate surface area is 318 Å². The van der Waals surface area contributed by atoms with E-state index in [4.69, 9.17) is 19.4 Å². The van der Waals surface area contributed by atoms with E-state index < -0.39 is 0 Å². The summed E-state index contributed by atoms with van der Waals surface area (Å²) in [6, 6.07) is 59.4. The van der Waals surface area contributed by atoms with Gasteiger partial charge in [0.1, 0.15) is 11.2 Å². The second-order valence-corrected chi connectivity index (χ2v) is 15.0. The Balaban J connectivity index is 1.25. The average molecular weight is 721 g/mol. The molecule has 0 N–H and O–H groups in total. The van der Waals surface area contributed by atoms with Gasteiger partial charge in [-0.2, -0.15) is 0 Å². The van der Waals surface area contributed by atoms with E-state index in [1.807, 2.05) is 78.1 Å². The summed E-state index contributed by atoms with van der Waals surface area (Å²) in [5.41, 5.74) is 7.83. The van der Waals surface area contributed by atoms with Gasteiger partial charge in [0.15, 0.2) is 17.5 Å². The maximum absolute atomic E-state index is 6.88. The molecule has 0 amide bonds. The summed E-state index contributed by atoms with van der Waals surface area (Å²) in [7, 11) is 0. The topological polar surface area (TPSA) is 56.7 Å². The molecule has 4 heterocycles. The molecular weight excluding hydrogens is 693 g/mol. The molecule has 0 fully saturated rings. The van der Waals surface area contributed by atoms with Gasteiger partial charge < -0.3 is 8.98 Å². The summed E-state index contributed by atoms with van der Waals surface area (Å²) in [6.45, 7) is 0. The zero-order valence-corrected chi connectivity index (χ0v) is 30.1. The molecule has 55 heavy (non-hydrogen) atoms. The third-order valence-corrected chi connectivity index (χ3v) is 12.0. The number of rotatable bonds is 4. The van der Waals surface area contributed by atoms with E-state index in [0.717, 1.165) is 60.6 Å². The van der Waals surface area contributed by atoms with Crippen molar-refractivity contribution in [3.05, 3.63) is 170 Å². The molecule has 6 heteroatoms. The number of nitrogens with zero attached hydrogens (tertiary/aromatic N) is 4. The number of fused-ring (bicyclic) bond motifs is 12. The van der Waals surface area contributed by atoms with Gasteiger partial charge in [0, 0.05) is 59.1 Å². The Hall–Kier alpha value is -7.15. The lowest BCUT2D eigenvalue weighted by atomic mass is 9.98. The molecule has 0 unspecified atom stereocenters. The molecule has 4 aromatic heterocycles. The molecular formula is C49H28N4OS. The third kappa shape index (κ3) is 4.49. The smallest absolute Gasteiger partial charge is 0.164 e. The number of thiophene rings is 1. The number of aromatic nitrogens is 4. The van der Waals surface area contributed by atoms with Gasteiger partial charge in [-0.25, -0.2) is 15.0 Å². The van der Waals surface area contributed by atoms with Crippen LogP contribution in [0.5, 0.6) is 0 Å². The van der Waals surface area contributed by atoms with Crippen molar-refractivity contribution in [3.63, 3.8) is 0 Å². The molecule has 0 saturated heterocycles. The highest BCUT2D eigenvalue weighted by Gasteiger charge is 2.24. The van der Waals surface area contributed by atoms with Gasteiger partial charge in [0.25, 0.3) is 0 Å². The maximum Gasteiger partial charge on any atom is 0.164 e. The standard InChI is InChI=1S/C49H28N4OS/c1-3-14-29(15-4-1)47-50-48(30-16-5-2-6-17-30)52-49(51-47)38-28-37-32-19-8-11-24-41(32)54-45(37)43-34(38)21-13-23-40(43)53-39-22-10-7-18-31(39)35-26-27-36-33-20-9-12-25-42(33)55-46(36)44(35)53/h1-28H. The highest BCUT2D eigenvalue weighted by molar-refractivity contribution is 7.26. The van der Waals surface area contributed by atoms with Crippen LogP contribution in [0.3, 0.4) is 0 Å². The summed E-state index contributed by atoms with van der Waals surface area (Å²) in [5, 5.41) is 9.05. The number of hydrogen-bond donors (Lipinski definition) is 0. The largest absolute Gasteiger partial charge is 0.455 e. The van der Waals surface area contributed by atoms with Gasteiger partial charge in [-0.1, -0.05) is 140 Å². The van der Waals surface area contributed by atoms with Crippen molar-refractivity contribution in [2.24, 2.45) is 0 Å². The van der Waals surface area contributed by atoms with Crippen LogP contribution in [0.15, 0.2) is 174 Å². The van der Waals surface area contributed by atoms with E-state index in [0.29, 0.717) is 17.5 Å². The Bertz CT molecular complexity index is 3430. The number of para-hydroxylation sites is 2. The Morgan fingerprint density at radius 2 is 1.07 bits per heavy atom. The van der Waals surface area contributed by atoms with Gasteiger partial charge >= 0.3 is 0 Å². The molecule has 12 rings (SSSR count). The van der Waals surface area contributed by atoms with E-state index in [1.54, 1.807) is 0 Å². The number of hydrogen-bond acceptors (Lipinski definition) is 5. The molecule has 8 aromatic carbocycles. The first-order valence-electron chi connectivity index (χ1n) is 18.4. The van der Waals surface area contributed by atoms with Gasteiger partial charge in [0.05, 0.1) is 21.4 Å². The minimum atomic E-state index is 0.608. The van der Waals surface area contributed by atoms with Crippen LogP contribution in [0.1, 0.15) is 0 Å². The SMILES string of the molecule is c1ccc(-c2nc(-c3ccccc3)nc(-c3cc4c5ccccc5oc4c4c(-n5c6ccccc6c6ccc7c8ccccc8sc7c65)cccc34)n2)cc1. The zero-order valence-electron chi connectivity index (χ0n) is 29.3. The first-order chi connectivity index (χ1) is 27.3. The van der Waals surface area contributed by atoms with Crippen LogP contribution in [0.4, 0.5) is 0 Å². The molecule has 0 atom stereocenters. The molecule has 0 aliphatic rings. The van der Waals surface area contributed by atoms with Crippen LogP contribution in [-0.2, 0) is 0 Å². The van der Waals surface area contributed by atoms with Crippen molar-refractivity contribution in [1.82, 2.24) is 19.5 Å². The fourth-order valence-electron chi connectivity index (χ4n) is 8.40. The predicted molar refractivity (Wildman–Crippen MR) is 228 cm³/mol. The van der Waals surface area contributed by atoms with Crippen molar-refractivity contribution in [2.75, 3.05) is 0 Å². The fraction of sp³-hybridized carbons (Fsp3) is 0. The van der Waals surface area contributed by atoms with E-state index >= 15 is 0 Å². The van der Waals surface area contributed by atoms with Gasteiger partial charge in [0.2, 0.25) is 0 Å². The van der Waals surface area contributed by atoms with Crippen LogP contribution >= 0.6 is 11.3 Å². The van der Waals surface area contributed by atoms with E-state index in [1.165, 1.54) is 36.5 Å². The molecule has 0 spiro atoms. The minimum absolute atomic E-state index is 0.608. The van der Waals surface area contributed by atoms with Gasteiger partial charge in [-0.15, -0.1) is 11.3 Å². The highest BCUT2D eigenvalue weighted by Crippen LogP contribution is 2.46. The lowest BCUT2D eigenvalue weighted by Gasteiger charge is -2.15. The first-order valence-corrected chi connectivity index (χ1v) is 19.2. The van der Waals surface area contributed by atoms with Crippen molar-refractivity contribution >= 4 is 86.0 Å². The van der Waals surface area contributed by atoms with Gasteiger partial charge in [-0.05, 0) is 35.7 Å². The van der Waals surface area contributed by atoms with E-state index in [-0.39, 0.29) is 0 Å². The van der Waals surface area contributed by atoms with Crippen molar-refractivity contribution in [3.8, 4) is 39.9 Å². The molecule has 0 aliphatic heterocycles. The normalized spacial score (nSPS) is 12.0. The Morgan fingerprint density at radius 3 is 1.85 bits per heavy atom. The Kier molecular flexibility index (Phi) is 6.44. The average Bonchev–Trinajstić information content (AvgIpc) is 3.93. The van der Waals surface area contributed by atoms with Gasteiger partial charge in [-0.3, -0.25) is 0 Å². The first kappa shape index (κ1) is 30.3. The summed E-state index contributed by atoms with van der Waals surface area (Å²) in [6.07, 6.45) is 0. The third-order valence-electron chi connectivity index (χ3n) is 10.8. The zero-order chi connectivity index (χ0) is 36.0. The summed E-state index contributed by atoms with van der Waals surface area (Å²) in [4.78, 5) is 15.5. The maximum atomic E-state index is 6.88. The Morgan fingerprint density at radius 1 is 0.455 bits per heavy atom. The van der Waals surface area contributed by atoms with E-state index in [9.17, 15) is 0 Å². The summed E-state index contributed by atoms with van der Waals surface area (Å²) in [5.74, 6) is 1.86. The molecule has 5 nitrogen and oxygen atoms in total. The summed E-state index contributed by atoms with van der Waals surface area (Å²) < 4.78 is 11.9. The molecule has 0 radical (unpaired) electrons. The lowest BCUT2D eigenvalue weighted by Crippen LogP contribution is -2.01. The quantitative estimate of drug-likeness (QED) is 0.182. The minimum Gasteiger partial charge on any atom is -0.455 e. The second kappa shape index (κ2) is 11.7. The van der Waals surface area contributed by atoms with Crippen molar-refractivity contribution in [2.45, 2.75) is 0 Å².